The van der Waals surface area contributed by atoms with Gasteiger partial charge in [0.25, 0.3) is 0 Å². The van der Waals surface area contributed by atoms with Crippen LogP contribution in [0.2, 0.25) is 0 Å². The van der Waals surface area contributed by atoms with Gasteiger partial charge in [-0.25, -0.2) is 4.79 Å². The second-order valence-corrected chi connectivity index (χ2v) is 7.00. The second kappa shape index (κ2) is 10.4. The third-order valence-electron chi connectivity index (χ3n) is 3.58. The van der Waals surface area contributed by atoms with Crippen LogP contribution >= 0.6 is 0 Å². The molecule has 7 heteroatoms. The predicted molar refractivity (Wildman–Crippen MR) is 98.5 cm³/mol. The maximum atomic E-state index is 12.0. The summed E-state index contributed by atoms with van der Waals surface area (Å²) in [6.07, 6.45) is 0.838. The molecule has 0 atom stereocenters. The molecule has 0 aromatic rings. The lowest BCUT2D eigenvalue weighted by Crippen LogP contribution is -2.51. The van der Waals surface area contributed by atoms with Crippen LogP contribution in [-0.4, -0.2) is 79.8 Å². The van der Waals surface area contributed by atoms with Gasteiger partial charge in [0.05, 0.1) is 0 Å². The number of guanidine groups is 1. The molecule has 0 aliphatic carbocycles. The fourth-order valence-corrected chi connectivity index (χ4v) is 2.38. The molecule has 0 aromatic carbocycles. The van der Waals surface area contributed by atoms with E-state index >= 15 is 0 Å². The first-order valence-corrected chi connectivity index (χ1v) is 9.08. The van der Waals surface area contributed by atoms with Crippen molar-refractivity contribution < 1.29 is 9.53 Å². The summed E-state index contributed by atoms with van der Waals surface area (Å²) >= 11 is 0. The van der Waals surface area contributed by atoms with Crippen LogP contribution in [0.3, 0.4) is 0 Å². The minimum atomic E-state index is -0.432. The van der Waals surface area contributed by atoms with Gasteiger partial charge in [0, 0.05) is 52.4 Å². The Bertz CT molecular complexity index is 398. The van der Waals surface area contributed by atoms with Gasteiger partial charge < -0.3 is 20.3 Å². The summed E-state index contributed by atoms with van der Waals surface area (Å²) in [6, 6.07) is 0. The molecule has 0 aromatic heterocycles. The highest BCUT2D eigenvalue weighted by Gasteiger charge is 2.25. The van der Waals surface area contributed by atoms with Crippen molar-refractivity contribution in [2.24, 2.45) is 4.99 Å². The predicted octanol–water partition coefficient (Wildman–Crippen LogP) is 1.50. The lowest BCUT2D eigenvalue weighted by molar-refractivity contribution is 0.0147. The quantitative estimate of drug-likeness (QED) is 0.566. The van der Waals surface area contributed by atoms with Gasteiger partial charge in [-0.05, 0) is 34.1 Å². The van der Waals surface area contributed by atoms with E-state index in [9.17, 15) is 4.79 Å². The fraction of sp³-hybridized carbons (Fsp3) is 0.882. The van der Waals surface area contributed by atoms with Gasteiger partial charge in [-0.15, -0.1) is 0 Å². The van der Waals surface area contributed by atoms with E-state index in [1.807, 2.05) is 20.8 Å². The van der Waals surface area contributed by atoms with Crippen LogP contribution in [0.5, 0.6) is 0 Å². The molecule has 0 spiro atoms. The van der Waals surface area contributed by atoms with Crippen molar-refractivity contribution in [3.8, 4) is 0 Å². The van der Waals surface area contributed by atoms with Crippen molar-refractivity contribution in [1.29, 1.82) is 0 Å². The van der Waals surface area contributed by atoms with Gasteiger partial charge in [0.2, 0.25) is 0 Å². The molecule has 1 aliphatic rings. The highest BCUT2D eigenvalue weighted by atomic mass is 16.6. The summed E-state index contributed by atoms with van der Waals surface area (Å²) in [7, 11) is 0. The normalized spacial score (nSPS) is 16.9. The first-order valence-electron chi connectivity index (χ1n) is 9.08. The smallest absolute Gasteiger partial charge is 0.410 e. The van der Waals surface area contributed by atoms with Gasteiger partial charge >= 0.3 is 6.09 Å². The number of amides is 1. The summed E-state index contributed by atoms with van der Waals surface area (Å²) in [4.78, 5) is 20.7. The van der Waals surface area contributed by atoms with Crippen molar-refractivity contribution in [3.05, 3.63) is 0 Å². The van der Waals surface area contributed by atoms with Crippen molar-refractivity contribution in [1.82, 2.24) is 20.4 Å². The molecule has 0 unspecified atom stereocenters. The van der Waals surface area contributed by atoms with Gasteiger partial charge in [-0.2, -0.15) is 0 Å². The van der Waals surface area contributed by atoms with Crippen LogP contribution in [0.25, 0.3) is 0 Å². The number of hydrogen-bond acceptors (Lipinski definition) is 4. The van der Waals surface area contributed by atoms with Crippen LogP contribution in [-0.2, 0) is 4.74 Å². The summed E-state index contributed by atoms with van der Waals surface area (Å²) in [5, 5.41) is 6.61. The Morgan fingerprint density at radius 3 is 2.33 bits per heavy atom. The largest absolute Gasteiger partial charge is 0.444 e. The van der Waals surface area contributed by atoms with Gasteiger partial charge in [-0.1, -0.05) is 6.92 Å². The molecular weight excluding hydrogens is 306 g/mol. The third-order valence-corrected chi connectivity index (χ3v) is 3.58. The van der Waals surface area contributed by atoms with Crippen LogP contribution in [0.15, 0.2) is 4.99 Å². The maximum Gasteiger partial charge on any atom is 0.410 e. The second-order valence-electron chi connectivity index (χ2n) is 7.00. The maximum absolute atomic E-state index is 12.0. The average Bonchev–Trinajstić information content (AvgIpc) is 2.51. The van der Waals surface area contributed by atoms with Gasteiger partial charge in [-0.3, -0.25) is 9.89 Å². The summed E-state index contributed by atoms with van der Waals surface area (Å²) in [6.45, 7) is 16.6. The number of hydrogen-bond donors (Lipinski definition) is 2. The number of piperazine rings is 1. The topological polar surface area (TPSA) is 69.2 Å². The van der Waals surface area contributed by atoms with Crippen LogP contribution < -0.4 is 10.6 Å². The van der Waals surface area contributed by atoms with E-state index in [4.69, 9.17) is 4.74 Å². The summed E-state index contributed by atoms with van der Waals surface area (Å²) in [5.41, 5.74) is -0.432. The molecule has 24 heavy (non-hydrogen) atoms. The Balaban J connectivity index is 2.27. The van der Waals surface area contributed by atoms with Crippen molar-refractivity contribution in [3.63, 3.8) is 0 Å². The lowest BCUT2D eigenvalue weighted by Gasteiger charge is -2.35. The first kappa shape index (κ1) is 20.5. The minimum absolute atomic E-state index is 0.207. The van der Waals surface area contributed by atoms with E-state index in [0.29, 0.717) is 0 Å². The van der Waals surface area contributed by atoms with E-state index < -0.39 is 5.60 Å². The Morgan fingerprint density at radius 2 is 1.79 bits per heavy atom. The van der Waals surface area contributed by atoms with Crippen LogP contribution in [0.1, 0.15) is 41.0 Å². The Hall–Kier alpha value is -1.50. The third kappa shape index (κ3) is 8.38. The summed E-state index contributed by atoms with van der Waals surface area (Å²) in [5.74, 6) is 0.881. The van der Waals surface area contributed by atoms with E-state index in [0.717, 1.165) is 64.7 Å². The highest BCUT2D eigenvalue weighted by Crippen LogP contribution is 2.11. The lowest BCUT2D eigenvalue weighted by atomic mass is 10.2. The molecule has 7 nitrogen and oxygen atoms in total. The SMILES string of the molecule is CCCN=C(NCC)NCCN1CCN(C(=O)OC(C)(C)C)CC1. The molecule has 0 bridgehead atoms. The zero-order chi connectivity index (χ0) is 18.0. The van der Waals surface area contributed by atoms with Crippen molar-refractivity contribution >= 4 is 12.1 Å². The van der Waals surface area contributed by atoms with Crippen molar-refractivity contribution in [2.45, 2.75) is 46.6 Å². The molecule has 2 N–H and O–H groups in total. The molecular formula is C17H35N5O2. The molecule has 1 heterocycles. The van der Waals surface area contributed by atoms with Crippen LogP contribution in [0.4, 0.5) is 4.79 Å². The number of aliphatic imine (C=N–C) groups is 1. The fourth-order valence-electron chi connectivity index (χ4n) is 2.38. The molecule has 1 saturated heterocycles. The molecule has 140 valence electrons. The number of nitrogens with zero attached hydrogens (tertiary/aromatic N) is 3. The van der Waals surface area contributed by atoms with E-state index in [-0.39, 0.29) is 6.09 Å². The van der Waals surface area contributed by atoms with Crippen molar-refractivity contribution in [2.75, 3.05) is 52.4 Å². The number of rotatable bonds is 6. The van der Waals surface area contributed by atoms with E-state index in [1.165, 1.54) is 0 Å². The molecule has 1 amide bonds. The molecule has 1 rings (SSSR count). The number of nitrogens with one attached hydrogen (secondary N) is 2. The standard InChI is InChI=1S/C17H35N5O2/c1-6-8-19-15(18-7-2)20-9-10-21-11-13-22(14-12-21)16(23)24-17(3,4)5/h6-14H2,1-5H3,(H2,18,19,20). The monoisotopic (exact) mass is 341 g/mol. The Labute approximate surface area is 146 Å². The van der Waals surface area contributed by atoms with Gasteiger partial charge in [0.15, 0.2) is 5.96 Å². The number of ether oxygens (including phenoxy) is 1. The number of carbonyl (C=O) groups is 1. The zero-order valence-corrected chi connectivity index (χ0v) is 16.0. The molecule has 0 radical (unpaired) electrons. The van der Waals surface area contributed by atoms with E-state index in [1.54, 1.807) is 4.90 Å². The minimum Gasteiger partial charge on any atom is -0.444 e. The highest BCUT2D eigenvalue weighted by molar-refractivity contribution is 5.79. The molecule has 0 saturated carbocycles. The Morgan fingerprint density at radius 1 is 1.12 bits per heavy atom. The average molecular weight is 342 g/mol. The Kier molecular flexibility index (Phi) is 8.89. The molecule has 1 fully saturated rings. The van der Waals surface area contributed by atoms with Crippen LogP contribution in [0, 0.1) is 0 Å². The van der Waals surface area contributed by atoms with Gasteiger partial charge in [0.1, 0.15) is 5.60 Å². The number of carbonyl (C=O) groups excluding carboxylic acids is 1. The molecule has 1 aliphatic heterocycles. The van der Waals surface area contributed by atoms with E-state index in [2.05, 4.69) is 34.4 Å². The zero-order valence-electron chi connectivity index (χ0n) is 16.0. The summed E-state index contributed by atoms with van der Waals surface area (Å²) < 4.78 is 5.42. The first-order chi connectivity index (χ1) is 11.4.